The lowest BCUT2D eigenvalue weighted by molar-refractivity contribution is -0.119. The summed E-state index contributed by atoms with van der Waals surface area (Å²) in [5, 5.41) is 0.786. The van der Waals surface area contributed by atoms with Crippen molar-refractivity contribution in [3.63, 3.8) is 0 Å². The molecule has 0 saturated carbocycles. The normalized spacial score (nSPS) is 12.2. The lowest BCUT2D eigenvalue weighted by Gasteiger charge is -2.29. The number of primary amides is 1. The van der Waals surface area contributed by atoms with Crippen LogP contribution in [-0.4, -0.2) is 23.5 Å². The summed E-state index contributed by atoms with van der Waals surface area (Å²) in [6, 6.07) is 16.1. The molecule has 2 N–H and O–H groups in total. The maximum absolute atomic E-state index is 10.9. The van der Waals surface area contributed by atoms with Gasteiger partial charge in [0.05, 0.1) is 0 Å². The SMILES string of the molecule is CC[C@@H](C)N(Cc1cccc(OCC(N)=O)c1)Cc1ccccc1Cl. The number of carbonyl (C=O) groups is 1. The molecule has 1 amide bonds. The van der Waals surface area contributed by atoms with Crippen LogP contribution in [0, 0.1) is 0 Å². The van der Waals surface area contributed by atoms with E-state index < -0.39 is 5.91 Å². The van der Waals surface area contributed by atoms with E-state index in [0.29, 0.717) is 11.8 Å². The molecule has 2 aromatic rings. The lowest BCUT2D eigenvalue weighted by Crippen LogP contribution is -2.31. The molecule has 2 aromatic carbocycles. The van der Waals surface area contributed by atoms with Crippen LogP contribution in [0.4, 0.5) is 0 Å². The second-order valence-electron chi connectivity index (χ2n) is 6.16. The summed E-state index contributed by atoms with van der Waals surface area (Å²) in [4.78, 5) is 13.3. The molecule has 0 spiro atoms. The molecule has 0 aliphatic heterocycles. The fraction of sp³-hybridized carbons (Fsp3) is 0.350. The van der Waals surface area contributed by atoms with Gasteiger partial charge < -0.3 is 10.5 Å². The molecular formula is C20H25ClN2O2. The Morgan fingerprint density at radius 2 is 1.96 bits per heavy atom. The van der Waals surface area contributed by atoms with E-state index in [1.165, 1.54) is 0 Å². The Hall–Kier alpha value is -2.04. The average molecular weight is 361 g/mol. The van der Waals surface area contributed by atoms with E-state index in [4.69, 9.17) is 22.1 Å². The van der Waals surface area contributed by atoms with E-state index in [-0.39, 0.29) is 6.61 Å². The highest BCUT2D eigenvalue weighted by molar-refractivity contribution is 6.31. The van der Waals surface area contributed by atoms with E-state index in [9.17, 15) is 4.79 Å². The summed E-state index contributed by atoms with van der Waals surface area (Å²) in [5.74, 6) is 0.170. The van der Waals surface area contributed by atoms with Crippen molar-refractivity contribution >= 4 is 17.5 Å². The molecule has 0 aromatic heterocycles. The first-order valence-corrected chi connectivity index (χ1v) is 8.85. The van der Waals surface area contributed by atoms with Crippen molar-refractivity contribution < 1.29 is 9.53 Å². The topological polar surface area (TPSA) is 55.6 Å². The zero-order chi connectivity index (χ0) is 18.2. The number of hydrogen-bond donors (Lipinski definition) is 1. The predicted molar refractivity (Wildman–Crippen MR) is 102 cm³/mol. The fourth-order valence-corrected chi connectivity index (χ4v) is 2.79. The molecule has 0 radical (unpaired) electrons. The minimum atomic E-state index is -0.481. The van der Waals surface area contributed by atoms with Crippen LogP contribution in [0.2, 0.25) is 5.02 Å². The maximum atomic E-state index is 10.9. The number of ether oxygens (including phenoxy) is 1. The van der Waals surface area contributed by atoms with Crippen molar-refractivity contribution in [1.29, 1.82) is 0 Å². The van der Waals surface area contributed by atoms with Crippen LogP contribution >= 0.6 is 11.6 Å². The first kappa shape index (κ1) is 19.3. The highest BCUT2D eigenvalue weighted by Crippen LogP contribution is 2.22. The summed E-state index contributed by atoms with van der Waals surface area (Å²) >= 11 is 6.32. The van der Waals surface area contributed by atoms with Crippen molar-refractivity contribution in [2.45, 2.75) is 39.4 Å². The fourth-order valence-electron chi connectivity index (χ4n) is 2.59. The Kier molecular flexibility index (Phi) is 7.29. The molecule has 4 nitrogen and oxygen atoms in total. The van der Waals surface area contributed by atoms with Crippen molar-refractivity contribution in [3.05, 3.63) is 64.7 Å². The first-order chi connectivity index (χ1) is 12.0. The Morgan fingerprint density at radius 1 is 1.20 bits per heavy atom. The Bertz CT molecular complexity index is 706. The highest BCUT2D eigenvalue weighted by atomic mass is 35.5. The second kappa shape index (κ2) is 9.44. The lowest BCUT2D eigenvalue weighted by atomic mass is 10.1. The van der Waals surface area contributed by atoms with Gasteiger partial charge in [0.25, 0.3) is 5.91 Å². The minimum Gasteiger partial charge on any atom is -0.484 e. The predicted octanol–water partition coefficient (Wildman–Crippen LogP) is 4.00. The van der Waals surface area contributed by atoms with Gasteiger partial charge in [0.2, 0.25) is 0 Å². The summed E-state index contributed by atoms with van der Waals surface area (Å²) in [7, 11) is 0. The Balaban J connectivity index is 2.13. The maximum Gasteiger partial charge on any atom is 0.255 e. The van der Waals surface area contributed by atoms with Gasteiger partial charge in [-0.15, -0.1) is 0 Å². The monoisotopic (exact) mass is 360 g/mol. The molecule has 0 aliphatic rings. The van der Waals surface area contributed by atoms with E-state index >= 15 is 0 Å². The quantitative estimate of drug-likeness (QED) is 0.735. The summed E-state index contributed by atoms with van der Waals surface area (Å²) < 4.78 is 5.40. The number of nitrogens with two attached hydrogens (primary N) is 1. The van der Waals surface area contributed by atoms with Gasteiger partial charge >= 0.3 is 0 Å². The van der Waals surface area contributed by atoms with Gasteiger partial charge in [0.1, 0.15) is 5.75 Å². The number of nitrogens with zero attached hydrogens (tertiary/aromatic N) is 1. The molecule has 2 rings (SSSR count). The molecule has 134 valence electrons. The molecule has 25 heavy (non-hydrogen) atoms. The third-order valence-corrected chi connectivity index (χ3v) is 4.58. The van der Waals surface area contributed by atoms with Gasteiger partial charge in [-0.1, -0.05) is 48.9 Å². The Morgan fingerprint density at radius 3 is 2.64 bits per heavy atom. The van der Waals surface area contributed by atoms with Crippen molar-refractivity contribution in [2.75, 3.05) is 6.61 Å². The summed E-state index contributed by atoms with van der Waals surface area (Å²) in [5.41, 5.74) is 7.37. The van der Waals surface area contributed by atoms with Crippen LogP contribution in [0.5, 0.6) is 5.75 Å². The van der Waals surface area contributed by atoms with Crippen LogP contribution in [0.1, 0.15) is 31.4 Å². The van der Waals surface area contributed by atoms with Crippen molar-refractivity contribution in [1.82, 2.24) is 4.90 Å². The van der Waals surface area contributed by atoms with Crippen LogP contribution < -0.4 is 10.5 Å². The molecule has 0 fully saturated rings. The van der Waals surface area contributed by atoms with E-state index in [1.54, 1.807) is 0 Å². The Labute approximate surface area is 154 Å². The highest BCUT2D eigenvalue weighted by Gasteiger charge is 2.15. The molecular weight excluding hydrogens is 336 g/mol. The second-order valence-corrected chi connectivity index (χ2v) is 6.56. The largest absolute Gasteiger partial charge is 0.484 e. The van der Waals surface area contributed by atoms with Gasteiger partial charge in [-0.3, -0.25) is 9.69 Å². The third kappa shape index (κ3) is 6.07. The zero-order valence-electron chi connectivity index (χ0n) is 14.7. The summed E-state index contributed by atoms with van der Waals surface area (Å²) in [6.45, 7) is 5.83. The molecule has 1 atom stereocenters. The number of carbonyl (C=O) groups excluding carboxylic acids is 1. The van der Waals surface area contributed by atoms with Gasteiger partial charge in [0, 0.05) is 24.2 Å². The number of rotatable bonds is 9. The molecule has 5 heteroatoms. The molecule has 0 aliphatic carbocycles. The molecule has 0 bridgehead atoms. The standard InChI is InChI=1S/C20H25ClN2O2/c1-3-15(2)23(13-17-8-4-5-10-19(17)21)12-16-7-6-9-18(11-16)25-14-20(22)24/h4-11,15H,3,12-14H2,1-2H3,(H2,22,24)/t15-/m1/s1. The third-order valence-electron chi connectivity index (χ3n) is 4.21. The van der Waals surface area contributed by atoms with Gasteiger partial charge in [-0.05, 0) is 42.7 Å². The minimum absolute atomic E-state index is 0.113. The van der Waals surface area contributed by atoms with E-state index in [1.807, 2.05) is 36.4 Å². The number of amides is 1. The number of benzene rings is 2. The summed E-state index contributed by atoms with van der Waals surface area (Å²) in [6.07, 6.45) is 1.04. The average Bonchev–Trinajstić information content (AvgIpc) is 2.61. The van der Waals surface area contributed by atoms with E-state index in [2.05, 4.69) is 30.9 Å². The number of halogens is 1. The molecule has 0 saturated heterocycles. The zero-order valence-corrected chi connectivity index (χ0v) is 15.5. The van der Waals surface area contributed by atoms with Crippen LogP contribution in [0.3, 0.4) is 0 Å². The van der Waals surface area contributed by atoms with Crippen molar-refractivity contribution in [2.24, 2.45) is 5.73 Å². The van der Waals surface area contributed by atoms with Gasteiger partial charge in [0.15, 0.2) is 6.61 Å². The smallest absolute Gasteiger partial charge is 0.255 e. The van der Waals surface area contributed by atoms with E-state index in [0.717, 1.165) is 35.7 Å². The van der Waals surface area contributed by atoms with Crippen LogP contribution in [0.15, 0.2) is 48.5 Å². The molecule has 0 unspecified atom stereocenters. The van der Waals surface area contributed by atoms with Gasteiger partial charge in [-0.2, -0.15) is 0 Å². The van der Waals surface area contributed by atoms with Crippen LogP contribution in [-0.2, 0) is 17.9 Å². The molecule has 0 heterocycles. The number of hydrogen-bond acceptors (Lipinski definition) is 3. The van der Waals surface area contributed by atoms with Crippen molar-refractivity contribution in [3.8, 4) is 5.75 Å². The first-order valence-electron chi connectivity index (χ1n) is 8.47. The van der Waals surface area contributed by atoms with Crippen LogP contribution in [0.25, 0.3) is 0 Å². The van der Waals surface area contributed by atoms with Gasteiger partial charge in [-0.25, -0.2) is 0 Å².